The van der Waals surface area contributed by atoms with Crippen molar-refractivity contribution in [2.45, 2.75) is 38.0 Å². The van der Waals surface area contributed by atoms with E-state index < -0.39 is 10.0 Å². The first-order valence-corrected chi connectivity index (χ1v) is 12.5. The van der Waals surface area contributed by atoms with Crippen LogP contribution in [0, 0.1) is 13.8 Å². The van der Waals surface area contributed by atoms with Gasteiger partial charge in [0.1, 0.15) is 4.88 Å². The minimum atomic E-state index is -3.58. The third kappa shape index (κ3) is 3.87. The van der Waals surface area contributed by atoms with Crippen molar-refractivity contribution in [1.82, 2.24) is 4.31 Å². The number of nitrogens with one attached hydrogen (secondary N) is 1. The predicted molar refractivity (Wildman–Crippen MR) is 123 cm³/mol. The highest BCUT2D eigenvalue weighted by atomic mass is 35.5. The molecule has 1 saturated heterocycles. The number of aryl methyl sites for hydroxylation is 2. The van der Waals surface area contributed by atoms with Gasteiger partial charge >= 0.3 is 0 Å². The van der Waals surface area contributed by atoms with Crippen molar-refractivity contribution in [1.29, 1.82) is 0 Å². The zero-order valence-corrected chi connectivity index (χ0v) is 19.3. The van der Waals surface area contributed by atoms with Gasteiger partial charge in [0.05, 0.1) is 9.92 Å². The third-order valence-corrected chi connectivity index (χ3v) is 9.02. The summed E-state index contributed by atoms with van der Waals surface area (Å²) in [6, 6.07) is 10.7. The zero-order valence-electron chi connectivity index (χ0n) is 16.9. The Balaban J connectivity index is 1.65. The summed E-state index contributed by atoms with van der Waals surface area (Å²) in [6.07, 6.45) is 2.80. The van der Waals surface area contributed by atoms with E-state index in [1.165, 1.54) is 15.6 Å². The molecule has 0 aliphatic carbocycles. The van der Waals surface area contributed by atoms with Gasteiger partial charge in [0, 0.05) is 28.9 Å². The summed E-state index contributed by atoms with van der Waals surface area (Å²) in [7, 11) is -3.58. The van der Waals surface area contributed by atoms with E-state index in [0.717, 1.165) is 40.5 Å². The highest BCUT2D eigenvalue weighted by Gasteiger charge is 2.27. The second-order valence-corrected chi connectivity index (χ2v) is 11.0. The van der Waals surface area contributed by atoms with Gasteiger partial charge < -0.3 is 5.32 Å². The largest absolute Gasteiger partial charge is 0.321 e. The Labute approximate surface area is 185 Å². The molecule has 1 aliphatic heterocycles. The first-order valence-electron chi connectivity index (χ1n) is 9.89. The molecule has 1 aromatic heterocycles. The fourth-order valence-corrected chi connectivity index (χ4v) is 6.87. The molecule has 1 fully saturated rings. The minimum absolute atomic E-state index is 0.198. The van der Waals surface area contributed by atoms with Crippen LogP contribution in [-0.4, -0.2) is 31.7 Å². The van der Waals surface area contributed by atoms with Crippen molar-refractivity contribution >= 4 is 54.6 Å². The number of thiophene rings is 1. The number of amides is 1. The molecule has 30 heavy (non-hydrogen) atoms. The Hall–Kier alpha value is -1.93. The minimum Gasteiger partial charge on any atom is -0.321 e. The molecular weight excluding hydrogens is 440 g/mol. The van der Waals surface area contributed by atoms with Crippen LogP contribution in [-0.2, 0) is 10.0 Å². The SMILES string of the molecule is Cc1ccc(S(=O)(=O)N2CCCCC2)cc1NC(=O)c1sc2cccc(C)c2c1Cl. The van der Waals surface area contributed by atoms with Gasteiger partial charge in [-0.1, -0.05) is 36.2 Å². The number of carbonyl (C=O) groups excluding carboxylic acids is 1. The Morgan fingerprint density at radius 2 is 1.80 bits per heavy atom. The quantitative estimate of drug-likeness (QED) is 0.548. The summed E-state index contributed by atoms with van der Waals surface area (Å²) < 4.78 is 28.5. The molecule has 1 amide bonds. The zero-order chi connectivity index (χ0) is 21.5. The molecule has 4 rings (SSSR count). The topological polar surface area (TPSA) is 66.5 Å². The first-order chi connectivity index (χ1) is 14.3. The molecule has 0 unspecified atom stereocenters. The highest BCUT2D eigenvalue weighted by molar-refractivity contribution is 7.89. The number of rotatable bonds is 4. The standard InChI is InChI=1S/C22H23ClN2O3S2/c1-14-9-10-16(30(27,28)25-11-4-3-5-12-25)13-17(14)24-22(26)21-20(23)19-15(2)7-6-8-18(19)29-21/h6-10,13H,3-5,11-12H2,1-2H3,(H,24,26). The summed E-state index contributed by atoms with van der Waals surface area (Å²) in [5.41, 5.74) is 2.27. The fraction of sp³-hybridized carbons (Fsp3) is 0.318. The summed E-state index contributed by atoms with van der Waals surface area (Å²) in [5.74, 6) is -0.337. The number of halogens is 1. The van der Waals surface area contributed by atoms with Crippen LogP contribution in [0.3, 0.4) is 0 Å². The average Bonchev–Trinajstić information content (AvgIpc) is 3.08. The molecule has 158 valence electrons. The molecule has 0 saturated carbocycles. The number of anilines is 1. The lowest BCUT2D eigenvalue weighted by atomic mass is 10.1. The van der Waals surface area contributed by atoms with Crippen LogP contribution in [0.25, 0.3) is 10.1 Å². The van der Waals surface area contributed by atoms with Gasteiger partial charge in [-0.05, 0) is 56.0 Å². The molecule has 0 radical (unpaired) electrons. The molecular formula is C22H23ClN2O3S2. The van der Waals surface area contributed by atoms with Gasteiger partial charge in [-0.3, -0.25) is 4.79 Å². The molecule has 1 aliphatic rings. The van der Waals surface area contributed by atoms with Crippen molar-refractivity contribution in [3.8, 4) is 0 Å². The number of fused-ring (bicyclic) bond motifs is 1. The van der Waals surface area contributed by atoms with E-state index in [0.29, 0.717) is 28.7 Å². The molecule has 0 spiro atoms. The first kappa shape index (κ1) is 21.3. The second-order valence-electron chi connectivity index (χ2n) is 7.59. The highest BCUT2D eigenvalue weighted by Crippen LogP contribution is 2.38. The molecule has 1 N–H and O–H groups in total. The van der Waals surface area contributed by atoms with E-state index in [-0.39, 0.29) is 10.8 Å². The number of hydrogen-bond acceptors (Lipinski definition) is 4. The van der Waals surface area contributed by atoms with Crippen LogP contribution in [0.4, 0.5) is 5.69 Å². The molecule has 2 heterocycles. The van der Waals surface area contributed by atoms with Crippen molar-refractivity contribution in [2.75, 3.05) is 18.4 Å². The van der Waals surface area contributed by atoms with E-state index in [4.69, 9.17) is 11.6 Å². The van der Waals surface area contributed by atoms with Crippen molar-refractivity contribution < 1.29 is 13.2 Å². The van der Waals surface area contributed by atoms with Crippen LogP contribution < -0.4 is 5.32 Å². The molecule has 3 aromatic rings. The van der Waals surface area contributed by atoms with E-state index >= 15 is 0 Å². The van der Waals surface area contributed by atoms with Crippen LogP contribution in [0.5, 0.6) is 0 Å². The van der Waals surface area contributed by atoms with Crippen LogP contribution in [0.15, 0.2) is 41.3 Å². The molecule has 2 aromatic carbocycles. The number of nitrogens with zero attached hydrogens (tertiary/aromatic N) is 1. The molecule has 5 nitrogen and oxygen atoms in total. The van der Waals surface area contributed by atoms with Gasteiger partial charge in [-0.25, -0.2) is 8.42 Å². The van der Waals surface area contributed by atoms with Crippen LogP contribution in [0.1, 0.15) is 40.1 Å². The summed E-state index contributed by atoms with van der Waals surface area (Å²) in [5, 5.41) is 4.18. The van der Waals surface area contributed by atoms with Crippen molar-refractivity contribution in [2.24, 2.45) is 0 Å². The lowest BCUT2D eigenvalue weighted by Gasteiger charge is -2.26. The van der Waals surface area contributed by atoms with Gasteiger partial charge in [-0.2, -0.15) is 4.31 Å². The summed E-state index contributed by atoms with van der Waals surface area (Å²) in [6.45, 7) is 4.87. The number of piperidine rings is 1. The number of sulfonamides is 1. The predicted octanol–water partition coefficient (Wildman–Crippen LogP) is 5.60. The lowest BCUT2D eigenvalue weighted by Crippen LogP contribution is -2.35. The molecule has 0 bridgehead atoms. The Bertz CT molecular complexity index is 1230. The number of carbonyl (C=O) groups is 1. The molecule has 0 atom stereocenters. The lowest BCUT2D eigenvalue weighted by molar-refractivity contribution is 0.103. The maximum absolute atomic E-state index is 13.0. The normalized spacial score (nSPS) is 15.4. The van der Waals surface area contributed by atoms with Crippen LogP contribution in [0.2, 0.25) is 5.02 Å². The number of hydrogen-bond donors (Lipinski definition) is 1. The van der Waals surface area contributed by atoms with Crippen molar-refractivity contribution in [3.05, 3.63) is 57.4 Å². The van der Waals surface area contributed by atoms with Gasteiger partial charge in [0.15, 0.2) is 0 Å². The monoisotopic (exact) mass is 462 g/mol. The van der Waals surface area contributed by atoms with Gasteiger partial charge in [0.2, 0.25) is 10.0 Å². The summed E-state index contributed by atoms with van der Waals surface area (Å²) >= 11 is 7.85. The Morgan fingerprint density at radius 1 is 1.07 bits per heavy atom. The maximum atomic E-state index is 13.0. The van der Waals surface area contributed by atoms with Crippen LogP contribution >= 0.6 is 22.9 Å². The smallest absolute Gasteiger partial charge is 0.267 e. The van der Waals surface area contributed by atoms with E-state index in [9.17, 15) is 13.2 Å². The fourth-order valence-electron chi connectivity index (χ4n) is 3.75. The number of benzene rings is 2. The average molecular weight is 463 g/mol. The van der Waals surface area contributed by atoms with Gasteiger partial charge in [-0.15, -0.1) is 11.3 Å². The van der Waals surface area contributed by atoms with E-state index in [1.807, 2.05) is 32.0 Å². The van der Waals surface area contributed by atoms with E-state index in [1.54, 1.807) is 18.2 Å². The maximum Gasteiger partial charge on any atom is 0.267 e. The van der Waals surface area contributed by atoms with Gasteiger partial charge in [0.25, 0.3) is 5.91 Å². The second kappa shape index (κ2) is 8.30. The molecule has 8 heteroatoms. The third-order valence-electron chi connectivity index (χ3n) is 5.48. The van der Waals surface area contributed by atoms with E-state index in [2.05, 4.69) is 5.32 Å². The summed E-state index contributed by atoms with van der Waals surface area (Å²) in [4.78, 5) is 13.6. The Kier molecular flexibility index (Phi) is 5.90. The van der Waals surface area contributed by atoms with Crippen molar-refractivity contribution in [3.63, 3.8) is 0 Å². The Morgan fingerprint density at radius 3 is 2.50 bits per heavy atom.